The Morgan fingerprint density at radius 1 is 1.13 bits per heavy atom. The zero-order valence-corrected chi connectivity index (χ0v) is 18.5. The number of anilines is 1. The second-order valence-corrected chi connectivity index (χ2v) is 8.49. The van der Waals surface area contributed by atoms with Crippen molar-refractivity contribution in [2.75, 3.05) is 5.32 Å². The van der Waals surface area contributed by atoms with Gasteiger partial charge in [0.1, 0.15) is 0 Å². The second-order valence-electron chi connectivity index (χ2n) is 7.18. The van der Waals surface area contributed by atoms with Crippen molar-refractivity contribution < 1.29 is 9.59 Å². The lowest BCUT2D eigenvalue weighted by atomic mass is 10.1. The maximum atomic E-state index is 12.8. The van der Waals surface area contributed by atoms with E-state index in [0.29, 0.717) is 16.4 Å². The van der Waals surface area contributed by atoms with Crippen LogP contribution in [-0.4, -0.2) is 31.7 Å². The number of hydrogen-bond donors (Lipinski definition) is 1. The van der Waals surface area contributed by atoms with Crippen molar-refractivity contribution in [3.05, 3.63) is 59.7 Å². The van der Waals surface area contributed by atoms with Gasteiger partial charge in [0, 0.05) is 17.7 Å². The molecule has 0 saturated heterocycles. The van der Waals surface area contributed by atoms with Crippen LogP contribution in [0.25, 0.3) is 11.4 Å². The van der Waals surface area contributed by atoms with Crippen molar-refractivity contribution in [1.29, 1.82) is 0 Å². The normalized spacial score (nSPS) is 11.9. The van der Waals surface area contributed by atoms with E-state index in [2.05, 4.69) is 33.1 Å². The third-order valence-corrected chi connectivity index (χ3v) is 5.74. The van der Waals surface area contributed by atoms with Crippen molar-refractivity contribution in [3.63, 3.8) is 0 Å². The van der Waals surface area contributed by atoms with Crippen LogP contribution >= 0.6 is 11.8 Å². The number of thioether (sulfide) groups is 1. The van der Waals surface area contributed by atoms with Gasteiger partial charge in [0.05, 0.1) is 10.9 Å². The first-order valence-corrected chi connectivity index (χ1v) is 10.9. The number of benzene rings is 2. The van der Waals surface area contributed by atoms with Crippen molar-refractivity contribution in [1.82, 2.24) is 14.8 Å². The molecule has 0 fully saturated rings. The maximum absolute atomic E-state index is 12.8. The minimum Gasteiger partial charge on any atom is -0.324 e. The molecule has 156 valence electrons. The van der Waals surface area contributed by atoms with Gasteiger partial charge in [-0.2, -0.15) is 0 Å². The van der Waals surface area contributed by atoms with E-state index in [1.165, 1.54) is 18.7 Å². The summed E-state index contributed by atoms with van der Waals surface area (Å²) in [4.78, 5) is 24.6. The van der Waals surface area contributed by atoms with Gasteiger partial charge in [0.25, 0.3) is 0 Å². The van der Waals surface area contributed by atoms with Crippen LogP contribution in [0.1, 0.15) is 43.1 Å². The summed E-state index contributed by atoms with van der Waals surface area (Å²) in [6.07, 6.45) is 0.928. The first kappa shape index (κ1) is 21.8. The fraction of sp³-hybridized carbons (Fsp3) is 0.304. The van der Waals surface area contributed by atoms with Crippen LogP contribution in [-0.2, 0) is 11.3 Å². The Labute approximate surface area is 181 Å². The van der Waals surface area contributed by atoms with Crippen molar-refractivity contribution in [3.8, 4) is 11.4 Å². The molecule has 2 aromatic carbocycles. The maximum Gasteiger partial charge on any atom is 0.237 e. The summed E-state index contributed by atoms with van der Waals surface area (Å²) in [6, 6.07) is 15.2. The molecule has 0 saturated carbocycles. The molecule has 1 unspecified atom stereocenters. The average Bonchev–Trinajstić information content (AvgIpc) is 3.10. The lowest BCUT2D eigenvalue weighted by Gasteiger charge is -2.14. The van der Waals surface area contributed by atoms with E-state index in [9.17, 15) is 9.59 Å². The Hall–Kier alpha value is -2.93. The number of para-hydroxylation sites is 1. The van der Waals surface area contributed by atoms with E-state index in [0.717, 1.165) is 29.9 Å². The molecule has 0 radical (unpaired) electrons. The molecule has 0 bridgehead atoms. The van der Waals surface area contributed by atoms with Crippen LogP contribution < -0.4 is 5.32 Å². The number of aromatic nitrogens is 3. The summed E-state index contributed by atoms with van der Waals surface area (Å²) < 4.78 is 2.06. The van der Waals surface area contributed by atoms with Gasteiger partial charge >= 0.3 is 0 Å². The number of ketones is 1. The smallest absolute Gasteiger partial charge is 0.237 e. The van der Waals surface area contributed by atoms with Gasteiger partial charge < -0.3 is 9.88 Å². The van der Waals surface area contributed by atoms with Crippen LogP contribution in [0.2, 0.25) is 0 Å². The highest BCUT2D eigenvalue weighted by Crippen LogP contribution is 2.28. The number of hydrogen-bond acceptors (Lipinski definition) is 5. The average molecular weight is 423 g/mol. The SMILES string of the molecule is CCCn1c(SC(C)C(=O)Nc2ccccc2C(C)=O)nnc1-c1cccc(C)c1. The molecule has 3 rings (SSSR count). The molecule has 1 N–H and O–H groups in total. The number of nitrogens with zero attached hydrogens (tertiary/aromatic N) is 3. The topological polar surface area (TPSA) is 76.9 Å². The van der Waals surface area contributed by atoms with Gasteiger partial charge in [0.2, 0.25) is 5.91 Å². The molecular formula is C23H26N4O2S. The number of amides is 1. The number of rotatable bonds is 8. The molecule has 1 aromatic heterocycles. The highest BCUT2D eigenvalue weighted by Gasteiger charge is 2.21. The number of Topliss-reactive ketones (excluding diaryl/α,β-unsaturated/α-hetero) is 1. The molecule has 3 aromatic rings. The summed E-state index contributed by atoms with van der Waals surface area (Å²) in [6.45, 7) is 8.23. The monoisotopic (exact) mass is 422 g/mol. The zero-order valence-electron chi connectivity index (χ0n) is 17.7. The fourth-order valence-corrected chi connectivity index (χ4v) is 4.02. The van der Waals surface area contributed by atoms with Gasteiger partial charge in [-0.05, 0) is 45.4 Å². The van der Waals surface area contributed by atoms with Crippen molar-refractivity contribution in [2.24, 2.45) is 0 Å². The van der Waals surface area contributed by atoms with Crippen LogP contribution in [0, 0.1) is 6.92 Å². The van der Waals surface area contributed by atoms with E-state index in [1.54, 1.807) is 24.3 Å². The Balaban J connectivity index is 1.80. The van der Waals surface area contributed by atoms with Crippen LogP contribution in [0.15, 0.2) is 53.7 Å². The Bertz CT molecular complexity index is 1060. The lowest BCUT2D eigenvalue weighted by molar-refractivity contribution is -0.115. The third kappa shape index (κ3) is 4.97. The summed E-state index contributed by atoms with van der Waals surface area (Å²) in [7, 11) is 0. The fourth-order valence-electron chi connectivity index (χ4n) is 3.14. The molecule has 6 nitrogen and oxygen atoms in total. The van der Waals surface area contributed by atoms with E-state index in [4.69, 9.17) is 0 Å². The molecule has 30 heavy (non-hydrogen) atoms. The standard InChI is InChI=1S/C23H26N4O2S/c1-5-13-27-21(18-10-8-9-15(2)14-18)25-26-23(27)30-17(4)22(29)24-20-12-7-6-11-19(20)16(3)28/h6-12,14,17H,5,13H2,1-4H3,(H,24,29). The van der Waals surface area contributed by atoms with Gasteiger partial charge in [-0.1, -0.05) is 54.6 Å². The Kier molecular flexibility index (Phi) is 7.05. The minimum atomic E-state index is -0.407. The largest absolute Gasteiger partial charge is 0.324 e. The summed E-state index contributed by atoms with van der Waals surface area (Å²) in [5.74, 6) is 0.533. The lowest BCUT2D eigenvalue weighted by Crippen LogP contribution is -2.24. The summed E-state index contributed by atoms with van der Waals surface area (Å²) in [5.41, 5.74) is 3.19. The number of carbonyl (C=O) groups excluding carboxylic acids is 2. The first-order chi connectivity index (χ1) is 14.4. The Morgan fingerprint density at radius 2 is 1.90 bits per heavy atom. The van der Waals surface area contributed by atoms with Gasteiger partial charge in [0.15, 0.2) is 16.8 Å². The molecule has 0 aliphatic carbocycles. The molecule has 0 spiro atoms. The summed E-state index contributed by atoms with van der Waals surface area (Å²) >= 11 is 1.36. The Morgan fingerprint density at radius 3 is 2.60 bits per heavy atom. The quantitative estimate of drug-likeness (QED) is 0.409. The van der Waals surface area contributed by atoms with Crippen LogP contribution in [0.5, 0.6) is 0 Å². The van der Waals surface area contributed by atoms with E-state index in [1.807, 2.05) is 32.0 Å². The number of aryl methyl sites for hydroxylation is 1. The van der Waals surface area contributed by atoms with Crippen LogP contribution in [0.3, 0.4) is 0 Å². The molecule has 1 heterocycles. The first-order valence-electron chi connectivity index (χ1n) is 9.98. The molecule has 1 amide bonds. The number of nitrogens with one attached hydrogen (secondary N) is 1. The van der Waals surface area contributed by atoms with E-state index in [-0.39, 0.29) is 11.7 Å². The van der Waals surface area contributed by atoms with Crippen LogP contribution in [0.4, 0.5) is 5.69 Å². The molecule has 0 aliphatic rings. The van der Waals surface area contributed by atoms with E-state index < -0.39 is 5.25 Å². The van der Waals surface area contributed by atoms with Gasteiger partial charge in [-0.3, -0.25) is 9.59 Å². The molecule has 7 heteroatoms. The second kappa shape index (κ2) is 9.71. The molecular weight excluding hydrogens is 396 g/mol. The predicted octanol–water partition coefficient (Wildman–Crippen LogP) is 4.99. The number of carbonyl (C=O) groups is 2. The van der Waals surface area contributed by atoms with E-state index >= 15 is 0 Å². The molecule has 0 aliphatic heterocycles. The highest BCUT2D eigenvalue weighted by molar-refractivity contribution is 8.00. The van der Waals surface area contributed by atoms with Crippen molar-refractivity contribution in [2.45, 2.75) is 51.1 Å². The minimum absolute atomic E-state index is 0.0864. The zero-order chi connectivity index (χ0) is 21.7. The van der Waals surface area contributed by atoms with Gasteiger partial charge in [-0.25, -0.2) is 0 Å². The van der Waals surface area contributed by atoms with Crippen molar-refractivity contribution >= 4 is 29.1 Å². The third-order valence-electron chi connectivity index (χ3n) is 4.66. The highest BCUT2D eigenvalue weighted by atomic mass is 32.2. The summed E-state index contributed by atoms with van der Waals surface area (Å²) in [5, 5.41) is 11.9. The van der Waals surface area contributed by atoms with Gasteiger partial charge in [-0.15, -0.1) is 10.2 Å². The predicted molar refractivity (Wildman–Crippen MR) is 121 cm³/mol. The molecule has 1 atom stereocenters.